The van der Waals surface area contributed by atoms with Gasteiger partial charge in [0, 0.05) is 0 Å². The molecule has 0 spiro atoms. The summed E-state index contributed by atoms with van der Waals surface area (Å²) in [7, 11) is 7.50. The summed E-state index contributed by atoms with van der Waals surface area (Å²) in [6.45, 7) is 4.59. The molecule has 0 aromatic rings. The van der Waals surface area contributed by atoms with E-state index in [1.165, 1.54) is 116 Å². The van der Waals surface area contributed by atoms with Crippen molar-refractivity contribution in [3.63, 3.8) is 0 Å². The quantitative estimate of drug-likeness (QED) is 0.182. The summed E-state index contributed by atoms with van der Waals surface area (Å²) in [5.74, 6) is 0. The normalized spacial score (nSPS) is 9.21. The highest BCUT2D eigenvalue weighted by Gasteiger charge is 1.94. The van der Waals surface area contributed by atoms with Gasteiger partial charge in [0.25, 0.3) is 0 Å². The zero-order valence-electron chi connectivity index (χ0n) is 20.5. The summed E-state index contributed by atoms with van der Waals surface area (Å²) in [5.41, 5.74) is 0. The summed E-state index contributed by atoms with van der Waals surface area (Å²) < 4.78 is 0. The second kappa shape index (κ2) is 46.2. The van der Waals surface area contributed by atoms with E-state index in [-0.39, 0.29) is 34.0 Å². The molecule has 0 fully saturated rings. The molecule has 0 aromatic carbocycles. The Morgan fingerprint density at radius 2 is 0.429 bits per heavy atom. The Hall–Kier alpha value is 0.880. The van der Waals surface area contributed by atoms with E-state index in [4.69, 9.17) is 0 Å². The number of hydrogen-bond donors (Lipinski definition) is 2. The van der Waals surface area contributed by atoms with Gasteiger partial charge in [-0.2, -0.15) is 0 Å². The van der Waals surface area contributed by atoms with Gasteiger partial charge in [-0.3, -0.25) is 0 Å². The van der Waals surface area contributed by atoms with Crippen LogP contribution in [-0.4, -0.2) is 28.2 Å². The zero-order chi connectivity index (χ0) is 20.1. The van der Waals surface area contributed by atoms with Crippen LogP contribution < -0.4 is 10.6 Å². The number of unbranched alkanes of at least 4 members (excludes halogenated alkanes) is 17. The molecule has 0 heterocycles. The lowest BCUT2D eigenvalue weighted by Crippen LogP contribution is -1.89. The molecule has 0 unspecified atom stereocenters. The molecular weight excluding hydrogens is 476 g/mol. The molecule has 0 rings (SSSR count). The third-order valence-electron chi connectivity index (χ3n) is 4.46. The lowest BCUT2D eigenvalue weighted by Gasteiger charge is -2.03. The van der Waals surface area contributed by atoms with Gasteiger partial charge in [-0.25, -0.2) is 0 Å². The molecule has 178 valence electrons. The van der Waals surface area contributed by atoms with E-state index in [1.54, 1.807) is 0 Å². The predicted octanol–water partition coefficient (Wildman–Crippen LogP) is 8.88. The van der Waals surface area contributed by atoms with Crippen LogP contribution in [0.5, 0.6) is 0 Å². The highest BCUT2D eigenvalue weighted by atomic mass is 79.9. The van der Waals surface area contributed by atoms with Crippen molar-refractivity contribution < 1.29 is 0 Å². The van der Waals surface area contributed by atoms with Gasteiger partial charge < -0.3 is 10.6 Å². The maximum Gasteiger partial charge on any atom is -0.0167 e. The molecule has 0 bridgehead atoms. The first-order valence-corrected chi connectivity index (χ1v) is 11.9. The molecule has 4 heteroatoms. The largest absolute Gasteiger partial charge is 0.323 e. The van der Waals surface area contributed by atoms with Crippen LogP contribution in [0, 0.1) is 0 Å². The minimum Gasteiger partial charge on any atom is -0.323 e. The van der Waals surface area contributed by atoms with Crippen LogP contribution in [0.1, 0.15) is 129 Å². The summed E-state index contributed by atoms with van der Waals surface area (Å²) in [4.78, 5) is 0. The molecule has 0 atom stereocenters. The van der Waals surface area contributed by atoms with E-state index in [9.17, 15) is 0 Å². The first-order chi connectivity index (χ1) is 12.7. The second-order valence-corrected chi connectivity index (χ2v) is 7.66. The molecule has 0 saturated carbocycles. The van der Waals surface area contributed by atoms with Crippen molar-refractivity contribution in [1.29, 1.82) is 0 Å². The van der Waals surface area contributed by atoms with Gasteiger partial charge in [-0.1, -0.05) is 129 Å². The Kier molecular flexibility index (Phi) is 65.0. The topological polar surface area (TPSA) is 24.1 Å². The molecule has 28 heavy (non-hydrogen) atoms. The van der Waals surface area contributed by atoms with Crippen molar-refractivity contribution in [2.24, 2.45) is 0 Å². The SMILES string of the molecule is Br.Br.CCCCCCCCCCCCCCCCCCCC.CNC.CNC. The van der Waals surface area contributed by atoms with Crippen molar-refractivity contribution in [2.75, 3.05) is 28.2 Å². The molecule has 0 radical (unpaired) electrons. The number of rotatable bonds is 17. The van der Waals surface area contributed by atoms with Gasteiger partial charge in [-0.15, -0.1) is 34.0 Å². The Labute approximate surface area is 201 Å². The lowest BCUT2D eigenvalue weighted by atomic mass is 10.0. The van der Waals surface area contributed by atoms with E-state index in [0.29, 0.717) is 0 Å². The Balaban J connectivity index is -0.000000194. The molecule has 0 saturated heterocycles. The minimum absolute atomic E-state index is 0. The molecule has 2 N–H and O–H groups in total. The lowest BCUT2D eigenvalue weighted by molar-refractivity contribution is 0.526. The molecular formula is C24H58Br2N2. The average molecular weight is 535 g/mol. The maximum atomic E-state index is 2.75. The second-order valence-electron chi connectivity index (χ2n) is 7.66. The van der Waals surface area contributed by atoms with Crippen LogP contribution in [0.2, 0.25) is 0 Å². The standard InChI is InChI=1S/C20H42.2C2H7N.2BrH/c1-3-5-7-9-11-13-15-17-19-20-18-16-14-12-10-8-6-4-2;2*1-3-2;;/h3-20H2,1-2H3;2*3H,1-2H3;2*1H. The third-order valence-corrected chi connectivity index (χ3v) is 4.46. The predicted molar refractivity (Wildman–Crippen MR) is 145 cm³/mol. The van der Waals surface area contributed by atoms with Crippen molar-refractivity contribution in [1.82, 2.24) is 10.6 Å². The van der Waals surface area contributed by atoms with Crippen LogP contribution in [0.25, 0.3) is 0 Å². The number of halogens is 2. The summed E-state index contributed by atoms with van der Waals surface area (Å²) in [6.07, 6.45) is 26.4. The van der Waals surface area contributed by atoms with Crippen LogP contribution >= 0.6 is 34.0 Å². The van der Waals surface area contributed by atoms with Crippen molar-refractivity contribution >= 4 is 34.0 Å². The fraction of sp³-hybridized carbons (Fsp3) is 1.00. The molecule has 0 aliphatic rings. The molecule has 2 nitrogen and oxygen atoms in total. The summed E-state index contributed by atoms with van der Waals surface area (Å²) in [5, 5.41) is 5.50. The first kappa shape index (κ1) is 39.4. The highest BCUT2D eigenvalue weighted by molar-refractivity contribution is 8.93. The van der Waals surface area contributed by atoms with Crippen molar-refractivity contribution in [2.45, 2.75) is 129 Å². The molecule has 0 aliphatic heterocycles. The highest BCUT2D eigenvalue weighted by Crippen LogP contribution is 2.14. The van der Waals surface area contributed by atoms with Crippen molar-refractivity contribution in [3.05, 3.63) is 0 Å². The van der Waals surface area contributed by atoms with E-state index in [2.05, 4.69) is 24.5 Å². The molecule has 0 aromatic heterocycles. The van der Waals surface area contributed by atoms with Crippen LogP contribution in [0.3, 0.4) is 0 Å². The van der Waals surface area contributed by atoms with Crippen LogP contribution in [0.4, 0.5) is 0 Å². The van der Waals surface area contributed by atoms with Gasteiger partial charge >= 0.3 is 0 Å². The van der Waals surface area contributed by atoms with Gasteiger partial charge in [0.1, 0.15) is 0 Å². The Bertz CT molecular complexity index is 173. The van der Waals surface area contributed by atoms with E-state index >= 15 is 0 Å². The monoisotopic (exact) mass is 532 g/mol. The van der Waals surface area contributed by atoms with Gasteiger partial charge in [0.05, 0.1) is 0 Å². The van der Waals surface area contributed by atoms with Gasteiger partial charge in [-0.05, 0) is 28.2 Å². The minimum atomic E-state index is 0. The van der Waals surface area contributed by atoms with Crippen LogP contribution in [0.15, 0.2) is 0 Å². The Morgan fingerprint density at radius 1 is 0.321 bits per heavy atom. The van der Waals surface area contributed by atoms with E-state index < -0.39 is 0 Å². The molecule has 0 aliphatic carbocycles. The Morgan fingerprint density at radius 3 is 0.536 bits per heavy atom. The van der Waals surface area contributed by atoms with Crippen molar-refractivity contribution in [3.8, 4) is 0 Å². The molecule has 0 amide bonds. The van der Waals surface area contributed by atoms with E-state index in [0.717, 1.165) is 0 Å². The number of hydrogen-bond acceptors (Lipinski definition) is 2. The summed E-state index contributed by atoms with van der Waals surface area (Å²) in [6, 6.07) is 0. The smallest absolute Gasteiger partial charge is 0.0167 e. The fourth-order valence-electron chi connectivity index (χ4n) is 2.97. The average Bonchev–Trinajstić information content (AvgIpc) is 2.63. The van der Waals surface area contributed by atoms with Crippen LogP contribution in [-0.2, 0) is 0 Å². The zero-order valence-corrected chi connectivity index (χ0v) is 24.0. The van der Waals surface area contributed by atoms with Gasteiger partial charge in [0.2, 0.25) is 0 Å². The van der Waals surface area contributed by atoms with E-state index in [1.807, 2.05) is 28.2 Å². The maximum absolute atomic E-state index is 2.75. The fourth-order valence-corrected chi connectivity index (χ4v) is 2.97. The first-order valence-electron chi connectivity index (χ1n) is 11.9. The number of nitrogens with one attached hydrogen (secondary N) is 2. The summed E-state index contributed by atoms with van der Waals surface area (Å²) >= 11 is 0. The third kappa shape index (κ3) is 56.3. The van der Waals surface area contributed by atoms with Gasteiger partial charge in [0.15, 0.2) is 0 Å².